The smallest absolute Gasteiger partial charge is 0.269 e. The number of nitrogens with one attached hydrogen (secondary N) is 1. The fraction of sp³-hybridized carbons (Fsp3) is 0.562. The van der Waals surface area contributed by atoms with Crippen LogP contribution in [0.25, 0.3) is 0 Å². The van der Waals surface area contributed by atoms with Crippen LogP contribution in [0.1, 0.15) is 40.0 Å². The summed E-state index contributed by atoms with van der Waals surface area (Å²) in [6.07, 6.45) is 3.55. The van der Waals surface area contributed by atoms with E-state index in [-0.39, 0.29) is 11.1 Å². The second kappa shape index (κ2) is 4.55. The minimum Gasteiger partial charge on any atom is -0.279 e. The molecule has 3 rings (SSSR count). The summed E-state index contributed by atoms with van der Waals surface area (Å²) in [4.78, 5) is 10.2. The highest BCUT2D eigenvalue weighted by Crippen LogP contribution is 2.63. The predicted molar refractivity (Wildman–Crippen MR) is 83.4 cm³/mol. The number of fused-ring (bicyclic) bond motifs is 2. The molecule has 1 aromatic rings. The normalized spacial score (nSPS) is 31.6. The molecular weight excluding hydrogens is 266 g/mol. The Balaban J connectivity index is 1.77. The van der Waals surface area contributed by atoms with E-state index in [1.54, 1.807) is 12.1 Å². The molecule has 2 fully saturated rings. The van der Waals surface area contributed by atoms with Gasteiger partial charge in [0, 0.05) is 23.3 Å². The molecule has 2 aliphatic rings. The van der Waals surface area contributed by atoms with Crippen LogP contribution in [0.15, 0.2) is 29.4 Å². The molecule has 2 atom stereocenters. The summed E-state index contributed by atoms with van der Waals surface area (Å²) in [5.74, 6) is 0.722. The molecule has 0 radical (unpaired) electrons. The molecule has 0 aliphatic heterocycles. The summed E-state index contributed by atoms with van der Waals surface area (Å²) in [5.41, 5.74) is 5.67. The number of anilines is 1. The summed E-state index contributed by atoms with van der Waals surface area (Å²) in [7, 11) is 0. The monoisotopic (exact) mass is 287 g/mol. The second-order valence-corrected chi connectivity index (χ2v) is 6.97. The number of nitro groups is 1. The van der Waals surface area contributed by atoms with Crippen LogP contribution in [-0.4, -0.2) is 10.6 Å². The zero-order chi connectivity index (χ0) is 15.3. The first-order valence-corrected chi connectivity index (χ1v) is 7.42. The van der Waals surface area contributed by atoms with Gasteiger partial charge in [0.1, 0.15) is 0 Å². The Labute approximate surface area is 124 Å². The van der Waals surface area contributed by atoms with Crippen LogP contribution in [0.3, 0.4) is 0 Å². The standard InChI is InChI=1S/C16H21N3O2/c1-15(2)11-8-9-16(15,3)14(10-11)18-17-12-4-6-13(7-5-12)19(20)21/h4-7,11,17H,8-10H2,1-3H3/b18-14-/t11-,16-/m0/s1. The van der Waals surface area contributed by atoms with E-state index in [4.69, 9.17) is 0 Å². The number of rotatable bonds is 3. The molecule has 1 N–H and O–H groups in total. The molecule has 0 saturated heterocycles. The van der Waals surface area contributed by atoms with Crippen molar-refractivity contribution in [1.82, 2.24) is 0 Å². The molecule has 1 aromatic carbocycles. The molecule has 0 unspecified atom stereocenters. The second-order valence-electron chi connectivity index (χ2n) is 6.97. The lowest BCUT2D eigenvalue weighted by Gasteiger charge is -2.34. The van der Waals surface area contributed by atoms with Crippen LogP contribution in [0, 0.1) is 26.9 Å². The van der Waals surface area contributed by atoms with E-state index >= 15 is 0 Å². The van der Waals surface area contributed by atoms with Crippen molar-refractivity contribution >= 4 is 17.1 Å². The minimum atomic E-state index is -0.394. The van der Waals surface area contributed by atoms with Gasteiger partial charge in [0.05, 0.1) is 10.6 Å². The summed E-state index contributed by atoms with van der Waals surface area (Å²) < 4.78 is 0. The summed E-state index contributed by atoms with van der Waals surface area (Å²) in [5, 5.41) is 15.3. The molecular formula is C16H21N3O2. The molecule has 2 bridgehead atoms. The quantitative estimate of drug-likeness (QED) is 0.669. The van der Waals surface area contributed by atoms with E-state index in [2.05, 4.69) is 31.3 Å². The van der Waals surface area contributed by atoms with Crippen LogP contribution in [-0.2, 0) is 0 Å². The van der Waals surface area contributed by atoms with Gasteiger partial charge in [0.15, 0.2) is 0 Å². The van der Waals surface area contributed by atoms with E-state index in [0.29, 0.717) is 5.41 Å². The first-order chi connectivity index (χ1) is 9.84. The van der Waals surface area contributed by atoms with Crippen LogP contribution in [0.4, 0.5) is 11.4 Å². The lowest BCUT2D eigenvalue weighted by Crippen LogP contribution is -2.32. The molecule has 112 valence electrons. The number of hydrogen-bond acceptors (Lipinski definition) is 4. The Bertz CT molecular complexity index is 606. The Morgan fingerprint density at radius 1 is 1.29 bits per heavy atom. The van der Waals surface area contributed by atoms with E-state index in [1.165, 1.54) is 30.7 Å². The Hall–Kier alpha value is -1.91. The zero-order valence-electron chi connectivity index (χ0n) is 12.7. The van der Waals surface area contributed by atoms with Crippen molar-refractivity contribution in [2.45, 2.75) is 40.0 Å². The first-order valence-electron chi connectivity index (χ1n) is 7.42. The maximum Gasteiger partial charge on any atom is 0.269 e. The van der Waals surface area contributed by atoms with Crippen molar-refractivity contribution in [2.75, 3.05) is 5.43 Å². The minimum absolute atomic E-state index is 0.0984. The molecule has 2 aliphatic carbocycles. The third-order valence-electron chi connectivity index (χ3n) is 5.91. The molecule has 5 nitrogen and oxygen atoms in total. The fourth-order valence-corrected chi connectivity index (χ4v) is 3.89. The predicted octanol–water partition coefficient (Wildman–Crippen LogP) is 4.21. The Morgan fingerprint density at radius 2 is 1.95 bits per heavy atom. The topological polar surface area (TPSA) is 67.5 Å². The third kappa shape index (κ3) is 2.03. The van der Waals surface area contributed by atoms with Crippen molar-refractivity contribution in [3.63, 3.8) is 0 Å². The number of non-ortho nitro benzene ring substituents is 1. The van der Waals surface area contributed by atoms with Gasteiger partial charge in [0.2, 0.25) is 0 Å². The van der Waals surface area contributed by atoms with Crippen molar-refractivity contribution in [1.29, 1.82) is 0 Å². The Kier molecular flexibility index (Phi) is 3.04. The number of hydrazone groups is 1. The summed E-state index contributed by atoms with van der Waals surface area (Å²) >= 11 is 0. The SMILES string of the molecule is CC1(C)[C@H]2CC[C@@]1(C)/C(=N\Nc1ccc([N+](=O)[O-])cc1)C2. The molecule has 0 amide bonds. The van der Waals surface area contributed by atoms with Crippen LogP contribution in [0.2, 0.25) is 0 Å². The van der Waals surface area contributed by atoms with E-state index in [9.17, 15) is 10.1 Å². The van der Waals surface area contributed by atoms with Gasteiger partial charge in [-0.1, -0.05) is 20.8 Å². The van der Waals surface area contributed by atoms with Crippen LogP contribution in [0.5, 0.6) is 0 Å². The van der Waals surface area contributed by atoms with Crippen molar-refractivity contribution < 1.29 is 4.92 Å². The van der Waals surface area contributed by atoms with Gasteiger partial charge in [-0.2, -0.15) is 5.10 Å². The molecule has 2 saturated carbocycles. The first kappa shape index (κ1) is 14.0. The van der Waals surface area contributed by atoms with E-state index in [0.717, 1.165) is 18.0 Å². The largest absolute Gasteiger partial charge is 0.279 e. The van der Waals surface area contributed by atoms with Gasteiger partial charge in [0.25, 0.3) is 5.69 Å². The molecule has 0 spiro atoms. The summed E-state index contributed by atoms with van der Waals surface area (Å²) in [6, 6.07) is 6.38. The van der Waals surface area contributed by atoms with Gasteiger partial charge in [-0.3, -0.25) is 15.5 Å². The number of hydrogen-bond donors (Lipinski definition) is 1. The number of benzene rings is 1. The van der Waals surface area contributed by atoms with Gasteiger partial charge in [-0.15, -0.1) is 0 Å². The highest BCUT2D eigenvalue weighted by molar-refractivity contribution is 5.94. The van der Waals surface area contributed by atoms with E-state index < -0.39 is 4.92 Å². The average Bonchev–Trinajstić information content (AvgIpc) is 2.78. The van der Waals surface area contributed by atoms with Crippen molar-refractivity contribution in [3.8, 4) is 0 Å². The average molecular weight is 287 g/mol. The zero-order valence-corrected chi connectivity index (χ0v) is 12.7. The van der Waals surface area contributed by atoms with Crippen molar-refractivity contribution in [3.05, 3.63) is 34.4 Å². The van der Waals surface area contributed by atoms with Gasteiger partial charge < -0.3 is 0 Å². The van der Waals surface area contributed by atoms with Crippen LogP contribution >= 0.6 is 0 Å². The number of nitro benzene ring substituents is 1. The maximum atomic E-state index is 10.6. The molecule has 0 heterocycles. The fourth-order valence-electron chi connectivity index (χ4n) is 3.89. The molecule has 21 heavy (non-hydrogen) atoms. The lowest BCUT2D eigenvalue weighted by atomic mass is 9.70. The van der Waals surface area contributed by atoms with Gasteiger partial charge >= 0.3 is 0 Å². The third-order valence-corrected chi connectivity index (χ3v) is 5.91. The van der Waals surface area contributed by atoms with E-state index in [1.807, 2.05) is 0 Å². The van der Waals surface area contributed by atoms with Crippen molar-refractivity contribution in [2.24, 2.45) is 21.8 Å². The highest BCUT2D eigenvalue weighted by Gasteiger charge is 2.59. The molecule has 5 heteroatoms. The van der Waals surface area contributed by atoms with Gasteiger partial charge in [-0.25, -0.2) is 0 Å². The number of nitrogens with zero attached hydrogens (tertiary/aromatic N) is 2. The highest BCUT2D eigenvalue weighted by atomic mass is 16.6. The van der Waals surface area contributed by atoms with Gasteiger partial charge in [-0.05, 0) is 42.7 Å². The Morgan fingerprint density at radius 3 is 2.43 bits per heavy atom. The lowest BCUT2D eigenvalue weighted by molar-refractivity contribution is -0.384. The summed E-state index contributed by atoms with van der Waals surface area (Å²) in [6.45, 7) is 7.01. The molecule has 0 aromatic heterocycles. The maximum absolute atomic E-state index is 10.6. The van der Waals surface area contributed by atoms with Crippen LogP contribution < -0.4 is 5.43 Å².